The number of hydrogen-bond acceptors (Lipinski definition) is 4. The lowest BCUT2D eigenvalue weighted by Gasteiger charge is -2.33. The number of nitrogens with zero attached hydrogens (tertiary/aromatic N) is 2. The second-order valence-electron chi connectivity index (χ2n) is 4.46. The van der Waals surface area contributed by atoms with Crippen molar-refractivity contribution in [3.05, 3.63) is 0 Å². The highest BCUT2D eigenvalue weighted by Gasteiger charge is 2.18. The van der Waals surface area contributed by atoms with Crippen LogP contribution in [0, 0.1) is 0 Å². The Bertz CT molecular complexity index is 175. The summed E-state index contributed by atoms with van der Waals surface area (Å²) in [6.07, 6.45) is 2.12. The van der Waals surface area contributed by atoms with Gasteiger partial charge in [-0.15, -0.1) is 0 Å². The van der Waals surface area contributed by atoms with E-state index in [-0.39, 0.29) is 6.29 Å². The molecule has 0 spiro atoms. The van der Waals surface area contributed by atoms with Gasteiger partial charge in [0.15, 0.2) is 6.29 Å². The van der Waals surface area contributed by atoms with Crippen molar-refractivity contribution < 1.29 is 9.47 Å². The molecule has 2 heterocycles. The molecule has 0 atom stereocenters. The van der Waals surface area contributed by atoms with E-state index >= 15 is 0 Å². The first kappa shape index (κ1) is 11.3. The first-order valence-electron chi connectivity index (χ1n) is 5.99. The van der Waals surface area contributed by atoms with E-state index in [0.717, 1.165) is 32.6 Å². The van der Waals surface area contributed by atoms with Crippen molar-refractivity contribution in [3.8, 4) is 0 Å². The number of ether oxygens (including phenoxy) is 2. The predicted octanol–water partition coefficient (Wildman–Crippen LogP) is 0.387. The zero-order chi connectivity index (χ0) is 10.5. The van der Waals surface area contributed by atoms with Gasteiger partial charge in [-0.25, -0.2) is 0 Å². The Morgan fingerprint density at radius 3 is 2.40 bits per heavy atom. The molecule has 0 aromatic heterocycles. The van der Waals surface area contributed by atoms with Gasteiger partial charge < -0.3 is 19.3 Å². The summed E-state index contributed by atoms with van der Waals surface area (Å²) in [6.45, 7) is 7.59. The summed E-state index contributed by atoms with van der Waals surface area (Å²) < 4.78 is 11.1. The molecule has 0 aromatic carbocycles. The minimum Gasteiger partial charge on any atom is -0.353 e. The standard InChI is InChI=1S/C11H22N2O2/c1-12-5-7-13(8-6-12)4-3-11-14-9-2-10-15-11/h11H,2-10H2,1H3. The minimum absolute atomic E-state index is 0.0541. The highest BCUT2D eigenvalue weighted by molar-refractivity contribution is 4.69. The average Bonchev–Trinajstić information content (AvgIpc) is 2.30. The Labute approximate surface area is 92.1 Å². The maximum Gasteiger partial charge on any atom is 0.158 e. The van der Waals surface area contributed by atoms with E-state index in [2.05, 4.69) is 16.8 Å². The summed E-state index contributed by atoms with van der Waals surface area (Å²) in [5.41, 5.74) is 0. The van der Waals surface area contributed by atoms with E-state index in [1.165, 1.54) is 26.2 Å². The Morgan fingerprint density at radius 1 is 1.07 bits per heavy atom. The summed E-state index contributed by atoms with van der Waals surface area (Å²) >= 11 is 0. The molecule has 0 radical (unpaired) electrons. The van der Waals surface area contributed by atoms with Gasteiger partial charge >= 0.3 is 0 Å². The number of rotatable bonds is 3. The van der Waals surface area contributed by atoms with Gasteiger partial charge in [0.1, 0.15) is 0 Å². The van der Waals surface area contributed by atoms with Crippen LogP contribution >= 0.6 is 0 Å². The molecule has 2 fully saturated rings. The number of hydrogen-bond donors (Lipinski definition) is 0. The highest BCUT2D eigenvalue weighted by Crippen LogP contribution is 2.10. The normalized spacial score (nSPS) is 27.0. The fourth-order valence-electron chi connectivity index (χ4n) is 2.06. The van der Waals surface area contributed by atoms with Crippen molar-refractivity contribution in [3.63, 3.8) is 0 Å². The maximum absolute atomic E-state index is 5.53. The molecule has 4 heteroatoms. The van der Waals surface area contributed by atoms with Gasteiger partial charge in [-0.3, -0.25) is 0 Å². The molecule has 4 nitrogen and oxygen atoms in total. The largest absolute Gasteiger partial charge is 0.353 e. The first-order valence-corrected chi connectivity index (χ1v) is 5.99. The van der Waals surface area contributed by atoms with Crippen LogP contribution in [0.15, 0.2) is 0 Å². The van der Waals surface area contributed by atoms with E-state index in [1.807, 2.05) is 0 Å². The van der Waals surface area contributed by atoms with E-state index in [1.54, 1.807) is 0 Å². The second kappa shape index (κ2) is 5.80. The molecule has 2 aliphatic rings. The van der Waals surface area contributed by atoms with Crippen LogP contribution in [0.1, 0.15) is 12.8 Å². The fourth-order valence-corrected chi connectivity index (χ4v) is 2.06. The van der Waals surface area contributed by atoms with Crippen LogP contribution in [0.4, 0.5) is 0 Å². The number of likely N-dealkylation sites (N-methyl/N-ethyl adjacent to an activating group) is 1. The Kier molecular flexibility index (Phi) is 4.38. The van der Waals surface area contributed by atoms with Gasteiger partial charge in [-0.1, -0.05) is 0 Å². The van der Waals surface area contributed by atoms with Crippen molar-refractivity contribution in [2.24, 2.45) is 0 Å². The molecule has 88 valence electrons. The van der Waals surface area contributed by atoms with Crippen molar-refractivity contribution in [1.29, 1.82) is 0 Å². The lowest BCUT2D eigenvalue weighted by molar-refractivity contribution is -0.182. The molecule has 0 aromatic rings. The van der Waals surface area contributed by atoms with Crippen molar-refractivity contribution in [2.75, 3.05) is 53.0 Å². The summed E-state index contributed by atoms with van der Waals surface area (Å²) in [6, 6.07) is 0. The van der Waals surface area contributed by atoms with Gasteiger partial charge in [0.2, 0.25) is 0 Å². The second-order valence-corrected chi connectivity index (χ2v) is 4.46. The fraction of sp³-hybridized carbons (Fsp3) is 1.00. The van der Waals surface area contributed by atoms with Crippen molar-refractivity contribution in [1.82, 2.24) is 9.80 Å². The molecule has 0 aliphatic carbocycles. The monoisotopic (exact) mass is 214 g/mol. The number of piperazine rings is 1. The summed E-state index contributed by atoms with van der Waals surface area (Å²) in [7, 11) is 2.19. The molecular formula is C11H22N2O2. The van der Waals surface area contributed by atoms with E-state index in [0.29, 0.717) is 0 Å². The Morgan fingerprint density at radius 2 is 1.73 bits per heavy atom. The zero-order valence-electron chi connectivity index (χ0n) is 9.65. The van der Waals surface area contributed by atoms with Gasteiger partial charge in [0.05, 0.1) is 13.2 Å². The van der Waals surface area contributed by atoms with Crippen LogP contribution in [-0.2, 0) is 9.47 Å². The van der Waals surface area contributed by atoms with E-state index < -0.39 is 0 Å². The molecule has 0 bridgehead atoms. The van der Waals surface area contributed by atoms with Crippen molar-refractivity contribution in [2.45, 2.75) is 19.1 Å². The summed E-state index contributed by atoms with van der Waals surface area (Å²) in [4.78, 5) is 4.88. The smallest absolute Gasteiger partial charge is 0.158 e. The van der Waals surface area contributed by atoms with Gasteiger partial charge in [0.25, 0.3) is 0 Å². The van der Waals surface area contributed by atoms with Crippen LogP contribution in [0.3, 0.4) is 0 Å². The van der Waals surface area contributed by atoms with Gasteiger partial charge in [0, 0.05) is 39.1 Å². The lowest BCUT2D eigenvalue weighted by atomic mass is 10.3. The maximum atomic E-state index is 5.53. The lowest BCUT2D eigenvalue weighted by Crippen LogP contribution is -2.45. The van der Waals surface area contributed by atoms with Crippen LogP contribution in [0.5, 0.6) is 0 Å². The average molecular weight is 214 g/mol. The Balaban J connectivity index is 1.60. The van der Waals surface area contributed by atoms with Crippen LogP contribution < -0.4 is 0 Å². The Hall–Kier alpha value is -0.160. The third kappa shape index (κ3) is 3.72. The molecule has 0 amide bonds. The molecule has 0 N–H and O–H groups in total. The van der Waals surface area contributed by atoms with Crippen LogP contribution in [-0.4, -0.2) is 69.1 Å². The molecule has 15 heavy (non-hydrogen) atoms. The predicted molar refractivity (Wildman–Crippen MR) is 58.9 cm³/mol. The molecular weight excluding hydrogens is 192 g/mol. The molecule has 2 aliphatic heterocycles. The summed E-state index contributed by atoms with van der Waals surface area (Å²) in [5, 5.41) is 0. The van der Waals surface area contributed by atoms with Crippen LogP contribution in [0.25, 0.3) is 0 Å². The minimum atomic E-state index is 0.0541. The molecule has 2 saturated heterocycles. The quantitative estimate of drug-likeness (QED) is 0.678. The third-order valence-corrected chi connectivity index (χ3v) is 3.17. The van der Waals surface area contributed by atoms with E-state index in [4.69, 9.17) is 9.47 Å². The SMILES string of the molecule is CN1CCN(CCC2OCCCO2)CC1. The third-order valence-electron chi connectivity index (χ3n) is 3.17. The van der Waals surface area contributed by atoms with Crippen LogP contribution in [0.2, 0.25) is 0 Å². The summed E-state index contributed by atoms with van der Waals surface area (Å²) in [5.74, 6) is 0. The topological polar surface area (TPSA) is 24.9 Å². The highest BCUT2D eigenvalue weighted by atomic mass is 16.7. The zero-order valence-corrected chi connectivity index (χ0v) is 9.65. The van der Waals surface area contributed by atoms with Crippen molar-refractivity contribution >= 4 is 0 Å². The first-order chi connectivity index (χ1) is 7.34. The van der Waals surface area contributed by atoms with E-state index in [9.17, 15) is 0 Å². The molecule has 0 saturated carbocycles. The molecule has 2 rings (SSSR count). The van der Waals surface area contributed by atoms with Gasteiger partial charge in [-0.05, 0) is 13.5 Å². The van der Waals surface area contributed by atoms with Gasteiger partial charge in [-0.2, -0.15) is 0 Å². The molecule has 0 unspecified atom stereocenters.